The molecule has 3 saturated carbocycles. The third kappa shape index (κ3) is 3.57. The fourth-order valence-electron chi connectivity index (χ4n) is 8.04. The van der Waals surface area contributed by atoms with Crippen molar-refractivity contribution in [1.29, 1.82) is 0 Å². The van der Waals surface area contributed by atoms with E-state index in [1.54, 1.807) is 13.8 Å². The van der Waals surface area contributed by atoms with Gasteiger partial charge in [0.15, 0.2) is 11.5 Å². The second kappa shape index (κ2) is 8.27. The number of hydrogen-bond acceptors (Lipinski definition) is 7. The number of carbonyl (C=O) groups excluding carboxylic acids is 2. The van der Waals surface area contributed by atoms with E-state index >= 15 is 8.78 Å². The van der Waals surface area contributed by atoms with Crippen LogP contribution in [0, 0.1) is 28.6 Å². The molecule has 7 nitrogen and oxygen atoms in total. The lowest BCUT2D eigenvalue weighted by atomic mass is 9.44. The molecular formula is C26H30F2O7S2. The van der Waals surface area contributed by atoms with Gasteiger partial charge in [-0.15, -0.1) is 0 Å². The maximum atomic E-state index is 17.4. The Morgan fingerprint density at radius 2 is 2.03 bits per heavy atom. The lowest BCUT2D eigenvalue weighted by Gasteiger charge is -2.63. The lowest BCUT2D eigenvalue weighted by molar-refractivity contribution is -0.221. The SMILES string of the molecule is CC1C[C@H]2[C@@H]3CC(F)C4=CC(=O)C=C[C@]4(C)[C@@]3(F)C(O)C[C@]2(C)C1(CS(=O)(O)=S)OC(=O)c1ccco1. The van der Waals surface area contributed by atoms with Crippen LogP contribution in [-0.4, -0.2) is 54.9 Å². The third-order valence-corrected chi connectivity index (χ3v) is 10.9. The first-order valence-electron chi connectivity index (χ1n) is 12.3. The van der Waals surface area contributed by atoms with Gasteiger partial charge in [0.05, 0.1) is 18.1 Å². The molecule has 4 aliphatic rings. The first-order valence-corrected chi connectivity index (χ1v) is 14.9. The normalized spacial score (nSPS) is 46.3. The van der Waals surface area contributed by atoms with Gasteiger partial charge in [-0.1, -0.05) is 19.9 Å². The highest BCUT2D eigenvalue weighted by atomic mass is 32.8. The molecule has 4 aliphatic carbocycles. The van der Waals surface area contributed by atoms with Crippen molar-refractivity contribution in [3.8, 4) is 0 Å². The summed E-state index contributed by atoms with van der Waals surface area (Å²) < 4.78 is 67.1. The van der Waals surface area contributed by atoms with E-state index in [2.05, 4.69) is 0 Å². The van der Waals surface area contributed by atoms with Gasteiger partial charge in [0.1, 0.15) is 20.5 Å². The molecule has 5 unspecified atom stereocenters. The Bertz CT molecular complexity index is 1310. The van der Waals surface area contributed by atoms with Crippen molar-refractivity contribution >= 4 is 31.7 Å². The number of ether oxygens (including phenoxy) is 1. The van der Waals surface area contributed by atoms with E-state index < -0.39 is 78.4 Å². The molecule has 0 aromatic carbocycles. The predicted molar refractivity (Wildman–Crippen MR) is 133 cm³/mol. The second-order valence-electron chi connectivity index (χ2n) is 11.5. The summed E-state index contributed by atoms with van der Waals surface area (Å²) in [6.45, 7) is 4.92. The number of hydrogen-bond donors (Lipinski definition) is 2. The average Bonchev–Trinajstić information content (AvgIpc) is 3.39. The number of fused-ring (bicyclic) bond motifs is 5. The van der Waals surface area contributed by atoms with E-state index in [0.29, 0.717) is 0 Å². The molecule has 0 saturated heterocycles. The van der Waals surface area contributed by atoms with E-state index in [1.165, 1.54) is 37.5 Å². The highest BCUT2D eigenvalue weighted by molar-refractivity contribution is 8.29. The van der Waals surface area contributed by atoms with Crippen molar-refractivity contribution in [3.63, 3.8) is 0 Å². The highest BCUT2D eigenvalue weighted by Crippen LogP contribution is 2.71. The molecule has 5 rings (SSSR count). The van der Waals surface area contributed by atoms with Gasteiger partial charge in [0, 0.05) is 27.9 Å². The summed E-state index contributed by atoms with van der Waals surface area (Å²) in [5.74, 6) is -4.26. The van der Waals surface area contributed by atoms with Gasteiger partial charge in [-0.05, 0) is 67.9 Å². The Kier molecular flexibility index (Phi) is 5.96. The van der Waals surface area contributed by atoms with Crippen LogP contribution in [0.3, 0.4) is 0 Å². The number of aliphatic hydroxyl groups excluding tert-OH is 1. The molecule has 2 N–H and O–H groups in total. The average molecular weight is 557 g/mol. The number of halogens is 2. The van der Waals surface area contributed by atoms with Crippen molar-refractivity contribution in [1.82, 2.24) is 0 Å². The molecule has 0 aliphatic heterocycles. The van der Waals surface area contributed by atoms with Crippen LogP contribution in [0.15, 0.2) is 46.6 Å². The maximum Gasteiger partial charge on any atom is 0.374 e. The first kappa shape index (κ1) is 26.6. The lowest BCUT2D eigenvalue weighted by Crippen LogP contribution is -2.70. The summed E-state index contributed by atoms with van der Waals surface area (Å²) >= 11 is 4.86. The van der Waals surface area contributed by atoms with Gasteiger partial charge in [-0.3, -0.25) is 4.79 Å². The summed E-state index contributed by atoms with van der Waals surface area (Å²) in [5.41, 5.74) is -6.75. The molecule has 3 fully saturated rings. The topological polar surface area (TPSA) is 114 Å². The Labute approximate surface area is 218 Å². The second-order valence-corrected chi connectivity index (χ2v) is 14.5. The minimum Gasteiger partial charge on any atom is -0.457 e. The number of carbonyl (C=O) groups is 2. The van der Waals surface area contributed by atoms with Crippen LogP contribution in [0.5, 0.6) is 0 Å². The Morgan fingerprint density at radius 1 is 1.32 bits per heavy atom. The number of allylic oxidation sites excluding steroid dienone is 4. The zero-order valence-electron chi connectivity index (χ0n) is 20.7. The van der Waals surface area contributed by atoms with Crippen molar-refractivity contribution in [2.45, 2.75) is 63.6 Å². The number of aliphatic hydroxyl groups is 1. The molecule has 202 valence electrons. The molecule has 0 radical (unpaired) electrons. The van der Waals surface area contributed by atoms with Crippen molar-refractivity contribution in [2.75, 3.05) is 5.75 Å². The van der Waals surface area contributed by atoms with Crippen LogP contribution in [0.2, 0.25) is 0 Å². The first-order chi connectivity index (χ1) is 17.1. The van der Waals surface area contributed by atoms with Crippen molar-refractivity contribution < 1.29 is 41.4 Å². The Hall–Kier alpha value is -1.95. The van der Waals surface area contributed by atoms with Gasteiger partial charge in [0.25, 0.3) is 0 Å². The molecule has 1 aromatic rings. The monoisotopic (exact) mass is 556 g/mol. The summed E-state index contributed by atoms with van der Waals surface area (Å²) in [6, 6.07) is 2.88. The molecule has 10 atom stereocenters. The predicted octanol–water partition coefficient (Wildman–Crippen LogP) is 3.96. The summed E-state index contributed by atoms with van der Waals surface area (Å²) in [4.78, 5) is 25.1. The van der Waals surface area contributed by atoms with Gasteiger partial charge in [-0.25, -0.2) is 17.8 Å². The number of ketones is 1. The van der Waals surface area contributed by atoms with Crippen LogP contribution >= 0.6 is 0 Å². The molecule has 37 heavy (non-hydrogen) atoms. The standard InChI is InChI=1S/C26H30F2O7S2/c1-14-9-16-17-11-19(27)18-10-15(29)6-7-23(18,2)26(17,28)21(30)12-24(16,3)25(14,13-37(32,33)36)35-22(31)20-5-4-8-34-20/h4-8,10,14,16-17,19,21,30H,9,11-13H2,1-3H3,(H,32,33,36)/t14?,16-,17-,19?,21?,23-,24-,25?,26-/m0/s1. The van der Waals surface area contributed by atoms with Gasteiger partial charge in [0.2, 0.25) is 5.76 Å². The van der Waals surface area contributed by atoms with E-state index in [1.807, 2.05) is 0 Å². The number of rotatable bonds is 4. The fraction of sp³-hybridized carbons (Fsp3) is 0.615. The molecule has 0 amide bonds. The van der Waals surface area contributed by atoms with Crippen molar-refractivity contribution in [2.24, 2.45) is 28.6 Å². The minimum absolute atomic E-state index is 0.00638. The Morgan fingerprint density at radius 3 is 2.65 bits per heavy atom. The number of furan rings is 1. The molecular weight excluding hydrogens is 526 g/mol. The summed E-state index contributed by atoms with van der Waals surface area (Å²) in [6.07, 6.45) is 1.42. The van der Waals surface area contributed by atoms with Crippen LogP contribution in [0.1, 0.15) is 50.6 Å². The van der Waals surface area contributed by atoms with Gasteiger partial charge >= 0.3 is 5.97 Å². The molecule has 0 bridgehead atoms. The van der Waals surface area contributed by atoms with Gasteiger partial charge in [-0.2, -0.15) is 0 Å². The fourth-order valence-corrected chi connectivity index (χ4v) is 9.78. The largest absolute Gasteiger partial charge is 0.457 e. The molecule has 11 heteroatoms. The zero-order valence-corrected chi connectivity index (χ0v) is 22.3. The quantitative estimate of drug-likeness (QED) is 0.536. The van der Waals surface area contributed by atoms with Crippen LogP contribution < -0.4 is 0 Å². The van der Waals surface area contributed by atoms with E-state index in [-0.39, 0.29) is 30.6 Å². The van der Waals surface area contributed by atoms with Gasteiger partial charge < -0.3 is 18.8 Å². The van der Waals surface area contributed by atoms with E-state index in [0.717, 1.165) is 6.08 Å². The maximum absolute atomic E-state index is 17.4. The van der Waals surface area contributed by atoms with Crippen LogP contribution in [0.4, 0.5) is 8.78 Å². The van der Waals surface area contributed by atoms with Crippen LogP contribution in [-0.2, 0) is 29.5 Å². The third-order valence-electron chi connectivity index (χ3n) is 9.78. The molecule has 1 aromatic heterocycles. The summed E-state index contributed by atoms with van der Waals surface area (Å²) in [7, 11) is -3.89. The highest BCUT2D eigenvalue weighted by Gasteiger charge is 2.76. The summed E-state index contributed by atoms with van der Waals surface area (Å²) in [5, 5.41) is 11.5. The molecule has 0 spiro atoms. The molecule has 1 heterocycles. The number of esters is 1. The van der Waals surface area contributed by atoms with Crippen molar-refractivity contribution in [3.05, 3.63) is 48.0 Å². The number of alkyl halides is 2. The van der Waals surface area contributed by atoms with Crippen LogP contribution in [0.25, 0.3) is 0 Å². The minimum atomic E-state index is -3.89. The van der Waals surface area contributed by atoms with E-state index in [4.69, 9.17) is 20.3 Å². The van der Waals surface area contributed by atoms with E-state index in [9.17, 15) is 23.5 Å². The Balaban J connectivity index is 1.64. The smallest absolute Gasteiger partial charge is 0.374 e. The zero-order chi connectivity index (χ0) is 27.2.